The molecule has 20 heavy (non-hydrogen) atoms. The molecule has 0 aromatic heterocycles. The standard InChI is InChI=1S/C6H11NO3.C6H11NO2S/c1-3-10-6(9)4-7-5(2)8;1-3-9-6(8)4-7-5(2)10/h3-4H2,1-2H3,(H,7,8);3-4H2,1-2H3,(H,7,10). The van der Waals surface area contributed by atoms with Gasteiger partial charge in [-0.3, -0.25) is 14.4 Å². The topological polar surface area (TPSA) is 93.7 Å². The number of carbonyl (C=O) groups excluding carboxylic acids is 3. The molecule has 8 heteroatoms. The summed E-state index contributed by atoms with van der Waals surface area (Å²) in [6.45, 7) is 7.43. The average molecular weight is 306 g/mol. The van der Waals surface area contributed by atoms with Gasteiger partial charge in [-0.05, 0) is 20.8 Å². The summed E-state index contributed by atoms with van der Waals surface area (Å²) in [7, 11) is 0. The molecule has 0 unspecified atom stereocenters. The minimum absolute atomic E-state index is 0.0385. The SMILES string of the molecule is CCOC(=O)CNC(C)=O.CCOC(=O)CNC(C)=S. The monoisotopic (exact) mass is 306 g/mol. The highest BCUT2D eigenvalue weighted by Gasteiger charge is 2.00. The highest BCUT2D eigenvalue weighted by Crippen LogP contribution is 1.75. The van der Waals surface area contributed by atoms with Crippen molar-refractivity contribution in [3.05, 3.63) is 0 Å². The first-order valence-electron chi connectivity index (χ1n) is 6.13. The number of hydrogen-bond donors (Lipinski definition) is 2. The number of nitrogens with one attached hydrogen (secondary N) is 2. The molecular formula is C12H22N2O5S. The van der Waals surface area contributed by atoms with Gasteiger partial charge in [0.25, 0.3) is 0 Å². The van der Waals surface area contributed by atoms with E-state index in [1.807, 2.05) is 0 Å². The first-order chi connectivity index (χ1) is 9.33. The van der Waals surface area contributed by atoms with Gasteiger partial charge in [-0.2, -0.15) is 0 Å². The predicted molar refractivity (Wildman–Crippen MR) is 78.2 cm³/mol. The van der Waals surface area contributed by atoms with Gasteiger partial charge in [0, 0.05) is 6.92 Å². The van der Waals surface area contributed by atoms with Crippen LogP contribution >= 0.6 is 12.2 Å². The molecule has 0 spiro atoms. The highest BCUT2D eigenvalue weighted by atomic mass is 32.1. The number of esters is 2. The molecule has 0 aliphatic rings. The van der Waals surface area contributed by atoms with Crippen molar-refractivity contribution in [1.29, 1.82) is 0 Å². The second-order valence-corrected chi connectivity index (χ2v) is 4.04. The fourth-order valence-corrected chi connectivity index (χ4v) is 0.889. The lowest BCUT2D eigenvalue weighted by Crippen LogP contribution is -2.28. The van der Waals surface area contributed by atoms with Crippen LogP contribution < -0.4 is 10.6 Å². The van der Waals surface area contributed by atoms with Crippen LogP contribution in [0.5, 0.6) is 0 Å². The average Bonchev–Trinajstić information content (AvgIpc) is 2.35. The van der Waals surface area contributed by atoms with E-state index in [-0.39, 0.29) is 25.0 Å². The van der Waals surface area contributed by atoms with Crippen LogP contribution in [0.15, 0.2) is 0 Å². The second-order valence-electron chi connectivity index (χ2n) is 3.43. The van der Waals surface area contributed by atoms with Crippen LogP contribution in [-0.2, 0) is 23.9 Å². The van der Waals surface area contributed by atoms with Gasteiger partial charge in [-0.15, -0.1) is 0 Å². The number of ether oxygens (including phenoxy) is 2. The van der Waals surface area contributed by atoms with E-state index in [0.29, 0.717) is 18.2 Å². The smallest absolute Gasteiger partial charge is 0.325 e. The van der Waals surface area contributed by atoms with Crippen molar-refractivity contribution < 1.29 is 23.9 Å². The number of carbonyl (C=O) groups is 3. The molecule has 0 radical (unpaired) electrons. The first kappa shape index (κ1) is 20.6. The zero-order valence-electron chi connectivity index (χ0n) is 12.3. The van der Waals surface area contributed by atoms with Crippen LogP contribution in [0.25, 0.3) is 0 Å². The lowest BCUT2D eigenvalue weighted by atomic mass is 10.6. The maximum atomic E-state index is 10.6. The van der Waals surface area contributed by atoms with Crippen LogP contribution in [-0.4, -0.2) is 49.1 Å². The summed E-state index contributed by atoms with van der Waals surface area (Å²) in [5.41, 5.74) is 0. The molecule has 2 N–H and O–H groups in total. The molecule has 0 aliphatic heterocycles. The molecular weight excluding hydrogens is 284 g/mol. The van der Waals surface area contributed by atoms with Crippen molar-refractivity contribution in [2.75, 3.05) is 26.3 Å². The van der Waals surface area contributed by atoms with Crippen LogP contribution in [0.4, 0.5) is 0 Å². The Labute approximate surface area is 124 Å². The van der Waals surface area contributed by atoms with E-state index in [4.69, 9.17) is 0 Å². The summed E-state index contributed by atoms with van der Waals surface area (Å²) in [5, 5.41) is 5.00. The van der Waals surface area contributed by atoms with Crippen molar-refractivity contribution >= 4 is 35.1 Å². The van der Waals surface area contributed by atoms with Gasteiger partial charge in [0.15, 0.2) is 0 Å². The maximum Gasteiger partial charge on any atom is 0.325 e. The molecule has 0 rings (SSSR count). The quantitative estimate of drug-likeness (QED) is 0.534. The first-order valence-corrected chi connectivity index (χ1v) is 6.54. The van der Waals surface area contributed by atoms with Gasteiger partial charge in [-0.25, -0.2) is 0 Å². The van der Waals surface area contributed by atoms with Crippen molar-refractivity contribution in [2.45, 2.75) is 27.7 Å². The van der Waals surface area contributed by atoms with Crippen LogP contribution in [0, 0.1) is 0 Å². The zero-order chi connectivity index (χ0) is 16.0. The van der Waals surface area contributed by atoms with Crippen molar-refractivity contribution in [2.24, 2.45) is 0 Å². The molecule has 7 nitrogen and oxygen atoms in total. The molecule has 0 heterocycles. The Kier molecular flexibility index (Phi) is 14.1. The largest absolute Gasteiger partial charge is 0.465 e. The van der Waals surface area contributed by atoms with E-state index in [1.165, 1.54) is 6.92 Å². The van der Waals surface area contributed by atoms with Gasteiger partial charge >= 0.3 is 11.9 Å². The minimum atomic E-state index is -0.405. The Hall–Kier alpha value is -1.70. The van der Waals surface area contributed by atoms with E-state index in [0.717, 1.165) is 0 Å². The summed E-state index contributed by atoms with van der Waals surface area (Å²) in [4.78, 5) is 32.0. The Bertz CT molecular complexity index is 302. The summed E-state index contributed by atoms with van der Waals surface area (Å²) < 4.78 is 9.17. The summed E-state index contributed by atoms with van der Waals surface area (Å²) in [5.74, 6) is -0.905. The molecule has 0 aromatic carbocycles. The molecule has 0 atom stereocenters. The molecule has 116 valence electrons. The predicted octanol–water partition coefficient (Wildman–Crippen LogP) is 0.172. The Morgan fingerprint density at radius 1 is 0.900 bits per heavy atom. The zero-order valence-corrected chi connectivity index (χ0v) is 13.1. The Morgan fingerprint density at radius 2 is 1.30 bits per heavy atom. The normalized spacial score (nSPS) is 8.60. The third kappa shape index (κ3) is 18.7. The number of amides is 1. The third-order valence-electron chi connectivity index (χ3n) is 1.57. The number of thiocarbonyl (C=S) groups is 1. The summed E-state index contributed by atoms with van der Waals surface area (Å²) >= 11 is 4.68. The minimum Gasteiger partial charge on any atom is -0.465 e. The fourth-order valence-electron chi connectivity index (χ4n) is 0.817. The lowest BCUT2D eigenvalue weighted by molar-refractivity contribution is -0.143. The molecule has 0 aromatic rings. The highest BCUT2D eigenvalue weighted by molar-refractivity contribution is 7.80. The molecule has 0 aliphatic carbocycles. The van der Waals surface area contributed by atoms with Crippen LogP contribution in [0.3, 0.4) is 0 Å². The van der Waals surface area contributed by atoms with E-state index in [1.54, 1.807) is 20.8 Å². The molecule has 1 amide bonds. The van der Waals surface area contributed by atoms with Gasteiger partial charge in [0.05, 0.1) is 18.2 Å². The van der Waals surface area contributed by atoms with Gasteiger partial charge in [0.1, 0.15) is 13.1 Å². The molecule has 0 saturated heterocycles. The van der Waals surface area contributed by atoms with Crippen molar-refractivity contribution in [3.8, 4) is 0 Å². The van der Waals surface area contributed by atoms with E-state index < -0.39 is 5.97 Å². The molecule has 0 fully saturated rings. The second kappa shape index (κ2) is 13.7. The molecule has 0 saturated carbocycles. The van der Waals surface area contributed by atoms with E-state index in [9.17, 15) is 14.4 Å². The van der Waals surface area contributed by atoms with Crippen molar-refractivity contribution in [3.63, 3.8) is 0 Å². The third-order valence-corrected chi connectivity index (χ3v) is 1.72. The Morgan fingerprint density at radius 3 is 1.60 bits per heavy atom. The van der Waals surface area contributed by atoms with Gasteiger partial charge in [-0.1, -0.05) is 12.2 Å². The fraction of sp³-hybridized carbons (Fsp3) is 0.667. The summed E-state index contributed by atoms with van der Waals surface area (Å²) in [6.07, 6.45) is 0. The van der Waals surface area contributed by atoms with Crippen molar-refractivity contribution in [1.82, 2.24) is 10.6 Å². The summed E-state index contributed by atoms with van der Waals surface area (Å²) in [6, 6.07) is 0. The number of rotatable bonds is 6. The van der Waals surface area contributed by atoms with Gasteiger partial charge < -0.3 is 20.1 Å². The lowest BCUT2D eigenvalue weighted by Gasteiger charge is -2.02. The Balaban J connectivity index is 0. The molecule has 0 bridgehead atoms. The van der Waals surface area contributed by atoms with E-state index >= 15 is 0 Å². The number of hydrogen-bond acceptors (Lipinski definition) is 6. The van der Waals surface area contributed by atoms with Gasteiger partial charge in [0.2, 0.25) is 5.91 Å². The van der Waals surface area contributed by atoms with E-state index in [2.05, 4.69) is 32.3 Å². The van der Waals surface area contributed by atoms with Crippen LogP contribution in [0.2, 0.25) is 0 Å². The van der Waals surface area contributed by atoms with Crippen LogP contribution in [0.1, 0.15) is 27.7 Å². The maximum absolute atomic E-state index is 10.6.